The average molecular weight is 408 g/mol. The van der Waals surface area contributed by atoms with Gasteiger partial charge < -0.3 is 19.1 Å². The molecule has 25 heavy (non-hydrogen) atoms. The summed E-state index contributed by atoms with van der Waals surface area (Å²) in [6, 6.07) is 12.9. The molecule has 6 heteroatoms. The van der Waals surface area contributed by atoms with Crippen LogP contribution in [0.1, 0.15) is 12.5 Å². The van der Waals surface area contributed by atoms with E-state index in [0.717, 1.165) is 10.0 Å². The van der Waals surface area contributed by atoms with Crippen molar-refractivity contribution in [1.82, 2.24) is 4.90 Å². The highest BCUT2D eigenvalue weighted by atomic mass is 79.9. The first-order valence-electron chi connectivity index (χ1n) is 7.82. The van der Waals surface area contributed by atoms with Gasteiger partial charge >= 0.3 is 0 Å². The molecule has 0 aliphatic carbocycles. The number of halogens is 1. The van der Waals surface area contributed by atoms with Crippen LogP contribution in [0.15, 0.2) is 46.9 Å². The lowest BCUT2D eigenvalue weighted by atomic mass is 10.1. The third kappa shape index (κ3) is 5.13. The van der Waals surface area contributed by atoms with E-state index < -0.39 is 6.10 Å². The standard InChI is InChI=1S/C19H22BrNO4/c1-13(25-16-9-6-15(20)7-10-16)19(22)21(2)12-14-5-8-17(23-3)11-18(14)24-4/h5-11,13H,12H2,1-4H3. The lowest BCUT2D eigenvalue weighted by Gasteiger charge is -2.23. The fourth-order valence-corrected chi connectivity index (χ4v) is 2.66. The van der Waals surface area contributed by atoms with Crippen LogP contribution in [0.5, 0.6) is 17.2 Å². The Bertz CT molecular complexity index is 718. The van der Waals surface area contributed by atoms with Crippen molar-refractivity contribution in [2.75, 3.05) is 21.3 Å². The molecule has 1 atom stereocenters. The summed E-state index contributed by atoms with van der Waals surface area (Å²) in [5.41, 5.74) is 0.898. The molecule has 2 aromatic carbocycles. The van der Waals surface area contributed by atoms with E-state index >= 15 is 0 Å². The quantitative estimate of drug-likeness (QED) is 0.698. The molecule has 0 N–H and O–H groups in total. The zero-order chi connectivity index (χ0) is 18.4. The molecule has 0 saturated heterocycles. The van der Waals surface area contributed by atoms with Crippen molar-refractivity contribution in [3.63, 3.8) is 0 Å². The molecule has 0 radical (unpaired) electrons. The monoisotopic (exact) mass is 407 g/mol. The lowest BCUT2D eigenvalue weighted by Crippen LogP contribution is -2.37. The van der Waals surface area contributed by atoms with E-state index in [4.69, 9.17) is 14.2 Å². The van der Waals surface area contributed by atoms with Gasteiger partial charge in [0.15, 0.2) is 6.10 Å². The minimum atomic E-state index is -0.588. The first kappa shape index (κ1) is 19.1. The third-order valence-electron chi connectivity index (χ3n) is 3.75. The fraction of sp³-hybridized carbons (Fsp3) is 0.316. The Morgan fingerprint density at radius 1 is 1.08 bits per heavy atom. The van der Waals surface area contributed by atoms with E-state index in [2.05, 4.69) is 15.9 Å². The van der Waals surface area contributed by atoms with Crippen molar-refractivity contribution < 1.29 is 19.0 Å². The van der Waals surface area contributed by atoms with Gasteiger partial charge in [-0.05, 0) is 43.3 Å². The van der Waals surface area contributed by atoms with Crippen molar-refractivity contribution in [3.8, 4) is 17.2 Å². The molecule has 1 amide bonds. The Balaban J connectivity index is 2.03. The predicted octanol–water partition coefficient (Wildman–Crippen LogP) is 3.89. The SMILES string of the molecule is COc1ccc(CN(C)C(=O)C(C)Oc2ccc(Br)cc2)c(OC)c1. The van der Waals surface area contributed by atoms with Gasteiger partial charge in [0.25, 0.3) is 5.91 Å². The van der Waals surface area contributed by atoms with Crippen LogP contribution < -0.4 is 14.2 Å². The minimum absolute atomic E-state index is 0.110. The first-order chi connectivity index (χ1) is 11.9. The van der Waals surface area contributed by atoms with Crippen LogP contribution in [0.4, 0.5) is 0 Å². The van der Waals surface area contributed by atoms with E-state index in [1.165, 1.54) is 0 Å². The van der Waals surface area contributed by atoms with Gasteiger partial charge in [0.2, 0.25) is 0 Å². The highest BCUT2D eigenvalue weighted by Gasteiger charge is 2.20. The highest BCUT2D eigenvalue weighted by molar-refractivity contribution is 9.10. The fourth-order valence-electron chi connectivity index (χ4n) is 2.39. The topological polar surface area (TPSA) is 48.0 Å². The Morgan fingerprint density at radius 3 is 2.32 bits per heavy atom. The van der Waals surface area contributed by atoms with Crippen molar-refractivity contribution in [2.45, 2.75) is 19.6 Å². The molecule has 2 aromatic rings. The van der Waals surface area contributed by atoms with Gasteiger partial charge in [0.1, 0.15) is 17.2 Å². The molecule has 0 saturated carbocycles. The van der Waals surface area contributed by atoms with Gasteiger partial charge in [-0.2, -0.15) is 0 Å². The van der Waals surface area contributed by atoms with Crippen LogP contribution in [0.2, 0.25) is 0 Å². The molecule has 0 aromatic heterocycles. The highest BCUT2D eigenvalue weighted by Crippen LogP contribution is 2.26. The summed E-state index contributed by atoms with van der Waals surface area (Å²) in [5.74, 6) is 1.93. The van der Waals surface area contributed by atoms with Gasteiger partial charge in [-0.25, -0.2) is 0 Å². The molecule has 0 bridgehead atoms. The summed E-state index contributed by atoms with van der Waals surface area (Å²) in [6.07, 6.45) is -0.588. The maximum atomic E-state index is 12.6. The molecule has 0 spiro atoms. The van der Waals surface area contributed by atoms with Gasteiger partial charge in [-0.15, -0.1) is 0 Å². The van der Waals surface area contributed by atoms with Crippen molar-refractivity contribution in [3.05, 3.63) is 52.5 Å². The number of amides is 1. The Labute approximate surface area is 156 Å². The second-order valence-electron chi connectivity index (χ2n) is 5.59. The van der Waals surface area contributed by atoms with Gasteiger partial charge in [-0.3, -0.25) is 4.79 Å². The zero-order valence-electron chi connectivity index (χ0n) is 14.8. The number of likely N-dealkylation sites (N-methyl/N-ethyl adjacent to an activating group) is 1. The second kappa shape index (κ2) is 8.76. The van der Waals surface area contributed by atoms with E-state index in [1.54, 1.807) is 39.2 Å². The summed E-state index contributed by atoms with van der Waals surface area (Å²) >= 11 is 3.37. The molecular formula is C19H22BrNO4. The summed E-state index contributed by atoms with van der Waals surface area (Å²) in [6.45, 7) is 2.16. The Kier molecular flexibility index (Phi) is 6.70. The number of hydrogen-bond acceptors (Lipinski definition) is 4. The largest absolute Gasteiger partial charge is 0.497 e. The molecule has 0 fully saturated rings. The van der Waals surface area contributed by atoms with Crippen molar-refractivity contribution in [1.29, 1.82) is 0 Å². The van der Waals surface area contributed by atoms with Gasteiger partial charge in [0.05, 0.1) is 14.2 Å². The molecular weight excluding hydrogens is 386 g/mol. The molecule has 5 nitrogen and oxygen atoms in total. The van der Waals surface area contributed by atoms with Crippen LogP contribution in [-0.4, -0.2) is 38.2 Å². The Morgan fingerprint density at radius 2 is 1.72 bits per heavy atom. The second-order valence-corrected chi connectivity index (χ2v) is 6.50. The van der Waals surface area contributed by atoms with Gasteiger partial charge in [-0.1, -0.05) is 15.9 Å². The number of rotatable bonds is 7. The van der Waals surface area contributed by atoms with Crippen LogP contribution >= 0.6 is 15.9 Å². The number of carbonyl (C=O) groups is 1. The summed E-state index contributed by atoms with van der Waals surface area (Å²) in [7, 11) is 4.94. The van der Waals surface area contributed by atoms with Gasteiger partial charge in [0, 0.05) is 29.7 Å². The summed E-state index contributed by atoms with van der Waals surface area (Å²) < 4.78 is 17.3. The molecule has 1 unspecified atom stereocenters. The van der Waals surface area contributed by atoms with Crippen LogP contribution in [0, 0.1) is 0 Å². The summed E-state index contributed by atoms with van der Waals surface area (Å²) in [4.78, 5) is 14.2. The van der Waals surface area contributed by atoms with E-state index in [-0.39, 0.29) is 5.91 Å². The smallest absolute Gasteiger partial charge is 0.263 e. The molecule has 0 heterocycles. The normalized spacial score (nSPS) is 11.6. The maximum absolute atomic E-state index is 12.6. The number of benzene rings is 2. The van der Waals surface area contributed by atoms with Crippen LogP contribution in [0.25, 0.3) is 0 Å². The first-order valence-corrected chi connectivity index (χ1v) is 8.62. The lowest BCUT2D eigenvalue weighted by molar-refractivity contribution is -0.137. The minimum Gasteiger partial charge on any atom is -0.497 e. The van der Waals surface area contributed by atoms with E-state index in [9.17, 15) is 4.79 Å². The number of methoxy groups -OCH3 is 2. The maximum Gasteiger partial charge on any atom is 0.263 e. The number of nitrogens with zero attached hydrogens (tertiary/aromatic N) is 1. The van der Waals surface area contributed by atoms with Crippen molar-refractivity contribution in [2.24, 2.45) is 0 Å². The van der Waals surface area contributed by atoms with Crippen molar-refractivity contribution >= 4 is 21.8 Å². The Hall–Kier alpha value is -2.21. The predicted molar refractivity (Wildman–Crippen MR) is 100 cm³/mol. The molecule has 134 valence electrons. The average Bonchev–Trinajstić information content (AvgIpc) is 2.63. The summed E-state index contributed by atoms with van der Waals surface area (Å²) in [5, 5.41) is 0. The van der Waals surface area contributed by atoms with E-state index in [1.807, 2.05) is 36.4 Å². The van der Waals surface area contributed by atoms with E-state index in [0.29, 0.717) is 23.8 Å². The third-order valence-corrected chi connectivity index (χ3v) is 4.28. The zero-order valence-corrected chi connectivity index (χ0v) is 16.4. The van der Waals surface area contributed by atoms with Crippen LogP contribution in [0.3, 0.4) is 0 Å². The number of carbonyl (C=O) groups excluding carboxylic acids is 1. The number of ether oxygens (including phenoxy) is 3. The van der Waals surface area contributed by atoms with Crippen LogP contribution in [-0.2, 0) is 11.3 Å². The molecule has 2 rings (SSSR count). The molecule has 0 aliphatic rings. The number of hydrogen-bond donors (Lipinski definition) is 0. The molecule has 0 aliphatic heterocycles.